The number of thioether (sulfide) groups is 1. The minimum absolute atomic E-state index is 0.0832. The van der Waals surface area contributed by atoms with Crippen LogP contribution in [0.2, 0.25) is 5.02 Å². The molecule has 0 aliphatic rings. The van der Waals surface area contributed by atoms with Crippen LogP contribution in [0.15, 0.2) is 42.5 Å². The first-order valence-corrected chi connectivity index (χ1v) is 8.53. The van der Waals surface area contributed by atoms with Crippen molar-refractivity contribution in [2.24, 2.45) is 0 Å². The maximum Gasteiger partial charge on any atom is 0.230 e. The molecule has 1 amide bonds. The molecule has 0 aliphatic heterocycles. The third kappa shape index (κ3) is 5.77. The molecule has 0 heterocycles. The predicted octanol–water partition coefficient (Wildman–Crippen LogP) is 4.04. The van der Waals surface area contributed by atoms with Crippen molar-refractivity contribution in [3.05, 3.63) is 64.4 Å². The van der Waals surface area contributed by atoms with Gasteiger partial charge < -0.3 is 10.1 Å². The number of rotatable bonds is 7. The predicted molar refractivity (Wildman–Crippen MR) is 92.4 cm³/mol. The summed E-state index contributed by atoms with van der Waals surface area (Å²) < 4.78 is 18.7. The first-order chi connectivity index (χ1) is 11.1. The molecular weight excluding hydrogens is 337 g/mol. The molecule has 2 rings (SSSR count). The smallest absolute Gasteiger partial charge is 0.230 e. The molecule has 0 bridgehead atoms. The van der Waals surface area contributed by atoms with Gasteiger partial charge in [0.2, 0.25) is 5.91 Å². The van der Waals surface area contributed by atoms with Crippen LogP contribution in [0.5, 0.6) is 5.75 Å². The van der Waals surface area contributed by atoms with E-state index in [1.54, 1.807) is 19.2 Å². The topological polar surface area (TPSA) is 38.3 Å². The van der Waals surface area contributed by atoms with Gasteiger partial charge in [-0.1, -0.05) is 29.8 Å². The molecule has 0 aliphatic carbocycles. The van der Waals surface area contributed by atoms with Gasteiger partial charge in [0.1, 0.15) is 11.6 Å². The van der Waals surface area contributed by atoms with E-state index in [4.69, 9.17) is 16.3 Å². The van der Waals surface area contributed by atoms with Crippen molar-refractivity contribution >= 4 is 29.3 Å². The van der Waals surface area contributed by atoms with Crippen molar-refractivity contribution in [3.8, 4) is 5.75 Å². The Balaban J connectivity index is 1.72. The zero-order valence-electron chi connectivity index (χ0n) is 12.6. The Morgan fingerprint density at radius 3 is 2.65 bits per heavy atom. The van der Waals surface area contributed by atoms with E-state index >= 15 is 0 Å². The highest BCUT2D eigenvalue weighted by atomic mass is 35.5. The molecule has 122 valence electrons. The minimum atomic E-state index is -0.344. The van der Waals surface area contributed by atoms with Crippen LogP contribution in [0, 0.1) is 5.82 Å². The Morgan fingerprint density at radius 1 is 1.26 bits per heavy atom. The lowest BCUT2D eigenvalue weighted by Gasteiger charge is -2.07. The Kier molecular flexibility index (Phi) is 6.74. The van der Waals surface area contributed by atoms with Crippen LogP contribution < -0.4 is 10.1 Å². The summed E-state index contributed by atoms with van der Waals surface area (Å²) in [5.74, 6) is 1.06. The number of carbonyl (C=O) groups excluding carboxylic acids is 1. The second-order valence-electron chi connectivity index (χ2n) is 4.85. The van der Waals surface area contributed by atoms with E-state index in [1.165, 1.54) is 17.8 Å². The number of halogens is 2. The van der Waals surface area contributed by atoms with Crippen molar-refractivity contribution in [2.75, 3.05) is 12.9 Å². The number of hydrogen-bond donors (Lipinski definition) is 1. The van der Waals surface area contributed by atoms with Crippen molar-refractivity contribution < 1.29 is 13.9 Å². The van der Waals surface area contributed by atoms with Gasteiger partial charge in [0.15, 0.2) is 0 Å². The Labute approximate surface area is 144 Å². The van der Waals surface area contributed by atoms with Crippen LogP contribution in [0.1, 0.15) is 11.1 Å². The van der Waals surface area contributed by atoms with E-state index in [9.17, 15) is 9.18 Å². The second kappa shape index (κ2) is 8.79. The van der Waals surface area contributed by atoms with Gasteiger partial charge in [-0.2, -0.15) is 0 Å². The van der Waals surface area contributed by atoms with Crippen molar-refractivity contribution in [1.29, 1.82) is 0 Å². The molecule has 0 saturated heterocycles. The van der Waals surface area contributed by atoms with E-state index in [1.807, 2.05) is 24.3 Å². The summed E-state index contributed by atoms with van der Waals surface area (Å²) in [6, 6.07) is 12.1. The highest BCUT2D eigenvalue weighted by Gasteiger charge is 2.06. The van der Waals surface area contributed by atoms with E-state index in [0.29, 0.717) is 22.9 Å². The van der Waals surface area contributed by atoms with E-state index in [0.717, 1.165) is 11.3 Å². The van der Waals surface area contributed by atoms with E-state index < -0.39 is 0 Å². The Morgan fingerprint density at radius 2 is 2.00 bits per heavy atom. The van der Waals surface area contributed by atoms with Gasteiger partial charge in [-0.05, 0) is 35.4 Å². The van der Waals surface area contributed by atoms with Gasteiger partial charge in [0.05, 0.1) is 12.9 Å². The second-order valence-corrected chi connectivity index (χ2v) is 6.28. The van der Waals surface area contributed by atoms with Gasteiger partial charge in [-0.25, -0.2) is 4.39 Å². The first kappa shape index (κ1) is 17.6. The molecule has 3 nitrogen and oxygen atoms in total. The highest BCUT2D eigenvalue weighted by Crippen LogP contribution is 2.19. The standard InChI is InChI=1S/C17H17ClFNO2S/c1-22-15-6-2-12(3-7-15)9-20-17(21)11-23-10-13-4-5-14(18)8-16(13)19/h2-8H,9-11H2,1H3,(H,20,21). The molecule has 0 atom stereocenters. The molecule has 2 aromatic carbocycles. The number of nitrogens with one attached hydrogen (secondary N) is 1. The summed E-state index contributed by atoms with van der Waals surface area (Å²) in [4.78, 5) is 11.8. The summed E-state index contributed by atoms with van der Waals surface area (Å²) in [6.07, 6.45) is 0. The monoisotopic (exact) mass is 353 g/mol. The molecule has 2 aromatic rings. The number of benzene rings is 2. The quantitative estimate of drug-likeness (QED) is 0.816. The van der Waals surface area contributed by atoms with Crippen LogP contribution >= 0.6 is 23.4 Å². The molecule has 6 heteroatoms. The van der Waals surface area contributed by atoms with Gasteiger partial charge in [0.25, 0.3) is 0 Å². The summed E-state index contributed by atoms with van der Waals surface area (Å²) in [5, 5.41) is 3.20. The maximum absolute atomic E-state index is 13.6. The van der Waals surface area contributed by atoms with Crippen molar-refractivity contribution in [3.63, 3.8) is 0 Å². The van der Waals surface area contributed by atoms with Crippen LogP contribution in [0.4, 0.5) is 4.39 Å². The molecular formula is C17H17ClFNO2S. The third-order valence-electron chi connectivity index (χ3n) is 3.15. The maximum atomic E-state index is 13.6. The molecule has 0 aromatic heterocycles. The largest absolute Gasteiger partial charge is 0.497 e. The number of carbonyl (C=O) groups is 1. The van der Waals surface area contributed by atoms with Crippen molar-refractivity contribution in [2.45, 2.75) is 12.3 Å². The number of amides is 1. The van der Waals surface area contributed by atoms with E-state index in [2.05, 4.69) is 5.32 Å². The fourth-order valence-corrected chi connectivity index (χ4v) is 2.89. The Hall–Kier alpha value is -1.72. The van der Waals surface area contributed by atoms with Crippen molar-refractivity contribution in [1.82, 2.24) is 5.32 Å². The summed E-state index contributed by atoms with van der Waals surface area (Å²) in [6.45, 7) is 0.457. The Bertz CT molecular complexity index is 664. The van der Waals surface area contributed by atoms with Crippen LogP contribution in [0.3, 0.4) is 0 Å². The third-order valence-corrected chi connectivity index (χ3v) is 4.37. The first-order valence-electron chi connectivity index (χ1n) is 7.00. The number of hydrogen-bond acceptors (Lipinski definition) is 3. The molecule has 1 N–H and O–H groups in total. The average Bonchev–Trinajstić information content (AvgIpc) is 2.55. The van der Waals surface area contributed by atoms with Gasteiger partial charge in [0, 0.05) is 17.3 Å². The zero-order chi connectivity index (χ0) is 16.7. The molecule has 0 unspecified atom stereocenters. The summed E-state index contributed by atoms with van der Waals surface area (Å²) in [5.41, 5.74) is 1.54. The lowest BCUT2D eigenvalue weighted by Crippen LogP contribution is -2.24. The lowest BCUT2D eigenvalue weighted by molar-refractivity contribution is -0.118. The van der Waals surface area contributed by atoms with E-state index in [-0.39, 0.29) is 17.5 Å². The van der Waals surface area contributed by atoms with Gasteiger partial charge >= 0.3 is 0 Å². The molecule has 0 saturated carbocycles. The highest BCUT2D eigenvalue weighted by molar-refractivity contribution is 7.99. The van der Waals surface area contributed by atoms with Crippen LogP contribution in [0.25, 0.3) is 0 Å². The van der Waals surface area contributed by atoms with Gasteiger partial charge in [-0.15, -0.1) is 11.8 Å². The zero-order valence-corrected chi connectivity index (χ0v) is 14.2. The minimum Gasteiger partial charge on any atom is -0.497 e. The average molecular weight is 354 g/mol. The molecule has 23 heavy (non-hydrogen) atoms. The fraction of sp³-hybridized carbons (Fsp3) is 0.235. The SMILES string of the molecule is COc1ccc(CNC(=O)CSCc2ccc(Cl)cc2F)cc1. The van der Waals surface area contributed by atoms with Crippen LogP contribution in [-0.2, 0) is 17.1 Å². The molecule has 0 fully saturated rings. The normalized spacial score (nSPS) is 10.4. The van der Waals surface area contributed by atoms with Crippen LogP contribution in [-0.4, -0.2) is 18.8 Å². The molecule has 0 spiro atoms. The van der Waals surface area contributed by atoms with Gasteiger partial charge in [-0.3, -0.25) is 4.79 Å². The fourth-order valence-electron chi connectivity index (χ4n) is 1.89. The number of methoxy groups -OCH3 is 1. The summed E-state index contributed by atoms with van der Waals surface area (Å²) >= 11 is 7.06. The summed E-state index contributed by atoms with van der Waals surface area (Å²) in [7, 11) is 1.61. The lowest BCUT2D eigenvalue weighted by atomic mass is 10.2. The number of ether oxygens (including phenoxy) is 1. The molecule has 0 radical (unpaired) electrons.